The summed E-state index contributed by atoms with van der Waals surface area (Å²) in [7, 11) is 1.44. The van der Waals surface area contributed by atoms with Gasteiger partial charge in [0, 0.05) is 26.2 Å². The lowest BCUT2D eigenvalue weighted by atomic mass is 10.2. The first-order valence-corrected chi connectivity index (χ1v) is 6.33. The molecule has 1 rings (SSSR count). The van der Waals surface area contributed by atoms with Gasteiger partial charge in [0.25, 0.3) is 0 Å². The topological polar surface area (TPSA) is 32.8 Å². The number of nitrogens with zero attached hydrogens (tertiary/aromatic N) is 2. The van der Waals surface area contributed by atoms with E-state index < -0.39 is 0 Å². The number of ether oxygens (including phenoxy) is 1. The average Bonchev–Trinajstić information content (AvgIpc) is 2.38. The Morgan fingerprint density at radius 2 is 1.75 bits per heavy atom. The third-order valence-corrected chi connectivity index (χ3v) is 2.63. The van der Waals surface area contributed by atoms with Gasteiger partial charge in [0.05, 0.1) is 7.11 Å². The molecule has 0 bridgehead atoms. The Morgan fingerprint density at radius 1 is 1.19 bits per heavy atom. The molecule has 0 aromatic carbocycles. The molecule has 0 spiro atoms. The molecule has 96 valence electrons. The summed E-state index contributed by atoms with van der Waals surface area (Å²) in [5, 5.41) is 0. The van der Waals surface area contributed by atoms with E-state index in [0.717, 1.165) is 32.7 Å². The largest absolute Gasteiger partial charge is 0.453 e. The highest BCUT2D eigenvalue weighted by molar-refractivity contribution is 5.67. The standard InChI is InChI=1S/C10H20N2O2.C2H6/c1-3-4-5-11-6-8-12(9-7-11)10(13)14-2;1-2/h3-9H2,1-2H3;1-2H3. The van der Waals surface area contributed by atoms with Crippen molar-refractivity contribution in [2.24, 2.45) is 0 Å². The van der Waals surface area contributed by atoms with Crippen LogP contribution >= 0.6 is 0 Å². The zero-order chi connectivity index (χ0) is 12.4. The molecular formula is C12H26N2O2. The van der Waals surface area contributed by atoms with E-state index in [9.17, 15) is 4.79 Å². The van der Waals surface area contributed by atoms with E-state index in [0.29, 0.717) is 0 Å². The van der Waals surface area contributed by atoms with Crippen LogP contribution in [0.25, 0.3) is 0 Å². The highest BCUT2D eigenvalue weighted by Gasteiger charge is 2.20. The third kappa shape index (κ3) is 5.35. The van der Waals surface area contributed by atoms with E-state index in [4.69, 9.17) is 0 Å². The van der Waals surface area contributed by atoms with Crippen molar-refractivity contribution in [2.75, 3.05) is 39.8 Å². The van der Waals surface area contributed by atoms with Gasteiger partial charge >= 0.3 is 6.09 Å². The Morgan fingerprint density at radius 3 is 2.19 bits per heavy atom. The average molecular weight is 230 g/mol. The van der Waals surface area contributed by atoms with Crippen LogP contribution < -0.4 is 0 Å². The van der Waals surface area contributed by atoms with Gasteiger partial charge in [-0.15, -0.1) is 0 Å². The van der Waals surface area contributed by atoms with E-state index in [2.05, 4.69) is 16.6 Å². The van der Waals surface area contributed by atoms with Crippen LogP contribution in [-0.2, 0) is 4.74 Å². The Kier molecular flexibility index (Phi) is 9.00. The molecule has 16 heavy (non-hydrogen) atoms. The highest BCUT2D eigenvalue weighted by atomic mass is 16.5. The maximum Gasteiger partial charge on any atom is 0.409 e. The molecule has 0 saturated carbocycles. The fourth-order valence-electron chi connectivity index (χ4n) is 1.66. The molecule has 0 unspecified atom stereocenters. The quantitative estimate of drug-likeness (QED) is 0.745. The fourth-order valence-corrected chi connectivity index (χ4v) is 1.66. The molecule has 0 radical (unpaired) electrons. The van der Waals surface area contributed by atoms with Gasteiger partial charge in [-0.25, -0.2) is 4.79 Å². The first-order valence-electron chi connectivity index (χ1n) is 6.33. The summed E-state index contributed by atoms with van der Waals surface area (Å²) in [5.41, 5.74) is 0. The van der Waals surface area contributed by atoms with E-state index in [1.165, 1.54) is 20.0 Å². The Bertz CT molecular complexity index is 178. The molecule has 0 aromatic heterocycles. The fraction of sp³-hybridized carbons (Fsp3) is 0.917. The number of amides is 1. The Balaban J connectivity index is 0.00000106. The minimum Gasteiger partial charge on any atom is -0.453 e. The lowest BCUT2D eigenvalue weighted by Crippen LogP contribution is -2.48. The Labute approximate surface area is 99.5 Å². The zero-order valence-corrected chi connectivity index (χ0v) is 11.2. The summed E-state index contributed by atoms with van der Waals surface area (Å²) in [6.07, 6.45) is 2.29. The molecule has 0 atom stereocenters. The molecular weight excluding hydrogens is 204 g/mol. The predicted molar refractivity (Wildman–Crippen MR) is 66.7 cm³/mol. The summed E-state index contributed by atoms with van der Waals surface area (Å²) < 4.78 is 4.67. The van der Waals surface area contributed by atoms with Crippen LogP contribution in [0.15, 0.2) is 0 Å². The maximum absolute atomic E-state index is 11.2. The van der Waals surface area contributed by atoms with Crippen molar-refractivity contribution in [3.63, 3.8) is 0 Å². The second-order valence-electron chi connectivity index (χ2n) is 3.65. The van der Waals surface area contributed by atoms with Crippen molar-refractivity contribution in [3.05, 3.63) is 0 Å². The smallest absolute Gasteiger partial charge is 0.409 e. The molecule has 0 N–H and O–H groups in total. The summed E-state index contributed by atoms with van der Waals surface area (Å²) >= 11 is 0. The van der Waals surface area contributed by atoms with Crippen LogP contribution in [0.3, 0.4) is 0 Å². The van der Waals surface area contributed by atoms with Gasteiger partial charge in [0.2, 0.25) is 0 Å². The molecule has 1 fully saturated rings. The summed E-state index contributed by atoms with van der Waals surface area (Å²) in [5.74, 6) is 0. The van der Waals surface area contributed by atoms with Gasteiger partial charge in [-0.05, 0) is 13.0 Å². The molecule has 1 aliphatic rings. The van der Waals surface area contributed by atoms with Crippen LogP contribution in [0.2, 0.25) is 0 Å². The molecule has 4 heteroatoms. The number of unbranched alkanes of at least 4 members (excludes halogenated alkanes) is 1. The number of carbonyl (C=O) groups is 1. The maximum atomic E-state index is 11.2. The minimum atomic E-state index is -0.194. The molecule has 0 aliphatic carbocycles. The second kappa shape index (κ2) is 9.46. The van der Waals surface area contributed by atoms with Gasteiger partial charge in [0.1, 0.15) is 0 Å². The van der Waals surface area contributed by atoms with Gasteiger partial charge in [0.15, 0.2) is 0 Å². The predicted octanol–water partition coefficient (Wildman–Crippen LogP) is 2.20. The van der Waals surface area contributed by atoms with E-state index in [-0.39, 0.29) is 6.09 Å². The third-order valence-electron chi connectivity index (χ3n) is 2.63. The summed E-state index contributed by atoms with van der Waals surface area (Å²) in [4.78, 5) is 15.3. The van der Waals surface area contributed by atoms with Gasteiger partial charge in [-0.2, -0.15) is 0 Å². The SMILES string of the molecule is CC.CCCCN1CCN(C(=O)OC)CC1. The minimum absolute atomic E-state index is 0.194. The summed E-state index contributed by atoms with van der Waals surface area (Å²) in [6.45, 7) is 10.9. The van der Waals surface area contributed by atoms with E-state index >= 15 is 0 Å². The lowest BCUT2D eigenvalue weighted by molar-refractivity contribution is 0.0906. The lowest BCUT2D eigenvalue weighted by Gasteiger charge is -2.33. The molecule has 1 aliphatic heterocycles. The summed E-state index contributed by atoms with van der Waals surface area (Å²) in [6, 6.07) is 0. The molecule has 1 amide bonds. The van der Waals surface area contributed by atoms with Crippen molar-refractivity contribution < 1.29 is 9.53 Å². The molecule has 1 saturated heterocycles. The van der Waals surface area contributed by atoms with Gasteiger partial charge < -0.3 is 9.64 Å². The van der Waals surface area contributed by atoms with Crippen LogP contribution in [0.5, 0.6) is 0 Å². The number of methoxy groups -OCH3 is 1. The van der Waals surface area contributed by atoms with Crippen LogP contribution in [0, 0.1) is 0 Å². The zero-order valence-electron chi connectivity index (χ0n) is 11.2. The second-order valence-corrected chi connectivity index (χ2v) is 3.65. The van der Waals surface area contributed by atoms with Crippen molar-refractivity contribution in [1.82, 2.24) is 9.80 Å². The first kappa shape index (κ1) is 15.2. The number of rotatable bonds is 3. The number of hydrogen-bond donors (Lipinski definition) is 0. The van der Waals surface area contributed by atoms with Crippen LogP contribution in [0.1, 0.15) is 33.6 Å². The molecule has 4 nitrogen and oxygen atoms in total. The van der Waals surface area contributed by atoms with Crippen LogP contribution in [0.4, 0.5) is 4.79 Å². The number of carbonyl (C=O) groups excluding carboxylic acids is 1. The van der Waals surface area contributed by atoms with Crippen LogP contribution in [-0.4, -0.2) is 55.7 Å². The number of piperazine rings is 1. The first-order chi connectivity index (χ1) is 7.77. The molecule has 1 heterocycles. The highest BCUT2D eigenvalue weighted by Crippen LogP contribution is 2.04. The van der Waals surface area contributed by atoms with Crippen molar-refractivity contribution >= 4 is 6.09 Å². The van der Waals surface area contributed by atoms with Gasteiger partial charge in [-0.3, -0.25) is 4.90 Å². The Hall–Kier alpha value is -0.770. The van der Waals surface area contributed by atoms with Gasteiger partial charge in [-0.1, -0.05) is 27.2 Å². The van der Waals surface area contributed by atoms with Crippen molar-refractivity contribution in [2.45, 2.75) is 33.6 Å². The van der Waals surface area contributed by atoms with Crippen molar-refractivity contribution in [1.29, 1.82) is 0 Å². The monoisotopic (exact) mass is 230 g/mol. The van der Waals surface area contributed by atoms with Crippen molar-refractivity contribution in [3.8, 4) is 0 Å². The van der Waals surface area contributed by atoms with E-state index in [1.54, 1.807) is 4.90 Å². The normalized spacial score (nSPS) is 16.4. The number of hydrogen-bond acceptors (Lipinski definition) is 3. The van der Waals surface area contributed by atoms with E-state index in [1.807, 2.05) is 13.8 Å². The molecule has 0 aromatic rings.